The summed E-state index contributed by atoms with van der Waals surface area (Å²) in [4.78, 5) is 0. The van der Waals surface area contributed by atoms with E-state index in [-0.39, 0.29) is 11.9 Å². The molecule has 2 saturated heterocycles. The van der Waals surface area contributed by atoms with E-state index in [1.807, 2.05) is 6.92 Å². The van der Waals surface area contributed by atoms with Crippen molar-refractivity contribution < 1.29 is 13.2 Å². The van der Waals surface area contributed by atoms with Crippen molar-refractivity contribution in [3.05, 3.63) is 0 Å². The van der Waals surface area contributed by atoms with Crippen LogP contribution in [0.2, 0.25) is 0 Å². The Kier molecular flexibility index (Phi) is 6.26. The summed E-state index contributed by atoms with van der Waals surface area (Å²) < 4.78 is 32.0. The van der Waals surface area contributed by atoms with E-state index in [2.05, 4.69) is 5.32 Å². The fourth-order valence-electron chi connectivity index (χ4n) is 3.05. The smallest absolute Gasteiger partial charge is 0.214 e. The largest absolute Gasteiger partial charge is 0.377 e. The van der Waals surface area contributed by atoms with Gasteiger partial charge in [-0.2, -0.15) is 4.31 Å². The Morgan fingerprint density at radius 1 is 1.25 bits per heavy atom. The lowest BCUT2D eigenvalue weighted by Gasteiger charge is -2.26. The highest BCUT2D eigenvalue weighted by molar-refractivity contribution is 7.89. The van der Waals surface area contributed by atoms with Crippen LogP contribution in [0.15, 0.2) is 0 Å². The molecule has 0 radical (unpaired) electrons. The molecule has 0 aliphatic carbocycles. The molecule has 2 atom stereocenters. The van der Waals surface area contributed by atoms with Gasteiger partial charge in [0.15, 0.2) is 0 Å². The molecule has 0 aromatic carbocycles. The van der Waals surface area contributed by atoms with Crippen LogP contribution in [0, 0.1) is 0 Å². The summed E-state index contributed by atoms with van der Waals surface area (Å²) >= 11 is 0. The molecule has 2 heterocycles. The van der Waals surface area contributed by atoms with Crippen molar-refractivity contribution >= 4 is 10.0 Å². The SMILES string of the molecule is CCN(CC1CCCO1)S(=O)(=O)CCC1CCCCN1. The predicted octanol–water partition coefficient (Wildman–Crippen LogP) is 1.35. The molecule has 0 spiro atoms. The summed E-state index contributed by atoms with van der Waals surface area (Å²) in [5.74, 6) is 0.255. The van der Waals surface area contributed by atoms with Gasteiger partial charge in [0.1, 0.15) is 0 Å². The lowest BCUT2D eigenvalue weighted by Crippen LogP contribution is -2.41. The van der Waals surface area contributed by atoms with Crippen LogP contribution in [0.5, 0.6) is 0 Å². The van der Waals surface area contributed by atoms with Gasteiger partial charge < -0.3 is 10.1 Å². The Morgan fingerprint density at radius 2 is 2.10 bits per heavy atom. The van der Waals surface area contributed by atoms with E-state index in [1.54, 1.807) is 4.31 Å². The molecule has 2 aliphatic rings. The molecule has 0 amide bonds. The van der Waals surface area contributed by atoms with Gasteiger partial charge in [-0.05, 0) is 38.6 Å². The third kappa shape index (κ3) is 4.69. The van der Waals surface area contributed by atoms with Crippen LogP contribution >= 0.6 is 0 Å². The quantitative estimate of drug-likeness (QED) is 0.771. The molecule has 0 aromatic heterocycles. The van der Waals surface area contributed by atoms with Gasteiger partial charge in [0.05, 0.1) is 11.9 Å². The fraction of sp³-hybridized carbons (Fsp3) is 1.00. The second-order valence-electron chi connectivity index (χ2n) is 5.84. The molecule has 6 heteroatoms. The molecule has 2 rings (SSSR count). The Hall–Kier alpha value is -0.170. The van der Waals surface area contributed by atoms with Gasteiger partial charge in [-0.15, -0.1) is 0 Å². The van der Waals surface area contributed by atoms with E-state index in [4.69, 9.17) is 4.74 Å². The average Bonchev–Trinajstić information content (AvgIpc) is 2.97. The highest BCUT2D eigenvalue weighted by Crippen LogP contribution is 2.17. The molecule has 2 unspecified atom stereocenters. The summed E-state index contributed by atoms with van der Waals surface area (Å²) in [6.07, 6.45) is 6.38. The van der Waals surface area contributed by atoms with Gasteiger partial charge in [0.2, 0.25) is 10.0 Å². The topological polar surface area (TPSA) is 58.6 Å². The van der Waals surface area contributed by atoms with Crippen molar-refractivity contribution in [3.8, 4) is 0 Å². The third-order valence-electron chi connectivity index (χ3n) is 4.31. The van der Waals surface area contributed by atoms with E-state index >= 15 is 0 Å². The minimum atomic E-state index is -3.15. The standard InChI is InChI=1S/C14H28N2O3S/c1-2-16(12-14-7-5-10-19-14)20(17,18)11-8-13-6-3-4-9-15-13/h13-15H,2-12H2,1H3. The predicted molar refractivity (Wildman–Crippen MR) is 80.3 cm³/mol. The molecule has 2 aliphatic heterocycles. The molecule has 2 fully saturated rings. The van der Waals surface area contributed by atoms with Gasteiger partial charge in [0, 0.05) is 25.7 Å². The van der Waals surface area contributed by atoms with Crippen LogP contribution in [0.4, 0.5) is 0 Å². The molecular formula is C14H28N2O3S. The molecular weight excluding hydrogens is 276 g/mol. The van der Waals surface area contributed by atoms with Gasteiger partial charge >= 0.3 is 0 Å². The van der Waals surface area contributed by atoms with Crippen LogP contribution in [0.25, 0.3) is 0 Å². The molecule has 0 aromatic rings. The average molecular weight is 304 g/mol. The van der Waals surface area contributed by atoms with E-state index in [1.165, 1.54) is 12.8 Å². The number of rotatable bonds is 7. The van der Waals surface area contributed by atoms with Crippen LogP contribution < -0.4 is 5.32 Å². The number of nitrogens with one attached hydrogen (secondary N) is 1. The van der Waals surface area contributed by atoms with Crippen LogP contribution in [-0.2, 0) is 14.8 Å². The Bertz CT molecular complexity index is 374. The lowest BCUT2D eigenvalue weighted by molar-refractivity contribution is 0.0946. The molecule has 118 valence electrons. The maximum Gasteiger partial charge on any atom is 0.214 e. The minimum Gasteiger partial charge on any atom is -0.377 e. The van der Waals surface area contributed by atoms with Crippen molar-refractivity contribution in [2.45, 2.75) is 57.6 Å². The molecule has 0 saturated carbocycles. The Labute approximate surface area is 123 Å². The van der Waals surface area contributed by atoms with Crippen molar-refractivity contribution in [1.82, 2.24) is 9.62 Å². The van der Waals surface area contributed by atoms with Crippen molar-refractivity contribution in [2.75, 3.05) is 32.0 Å². The third-order valence-corrected chi connectivity index (χ3v) is 6.26. The number of sulfonamides is 1. The van der Waals surface area contributed by atoms with Crippen molar-refractivity contribution in [1.29, 1.82) is 0 Å². The number of likely N-dealkylation sites (N-methyl/N-ethyl adjacent to an activating group) is 1. The van der Waals surface area contributed by atoms with Crippen molar-refractivity contribution in [2.24, 2.45) is 0 Å². The molecule has 5 nitrogen and oxygen atoms in total. The normalized spacial score (nSPS) is 28.1. The van der Waals surface area contributed by atoms with E-state index in [0.29, 0.717) is 19.1 Å². The molecule has 20 heavy (non-hydrogen) atoms. The number of hydrogen-bond donors (Lipinski definition) is 1. The van der Waals surface area contributed by atoms with Gasteiger partial charge in [-0.3, -0.25) is 0 Å². The van der Waals surface area contributed by atoms with Crippen LogP contribution in [-0.4, -0.2) is 56.9 Å². The fourth-order valence-corrected chi connectivity index (χ4v) is 4.67. The molecule has 1 N–H and O–H groups in total. The summed E-state index contributed by atoms with van der Waals surface area (Å²) in [6.45, 7) is 4.77. The van der Waals surface area contributed by atoms with E-state index in [9.17, 15) is 8.42 Å². The van der Waals surface area contributed by atoms with E-state index < -0.39 is 10.0 Å². The summed E-state index contributed by atoms with van der Waals surface area (Å²) in [7, 11) is -3.15. The molecule has 0 bridgehead atoms. The number of piperidine rings is 1. The summed E-state index contributed by atoms with van der Waals surface area (Å²) in [6, 6.07) is 0.375. The highest BCUT2D eigenvalue weighted by Gasteiger charge is 2.27. The number of ether oxygens (including phenoxy) is 1. The van der Waals surface area contributed by atoms with E-state index in [0.717, 1.165) is 38.8 Å². The number of hydrogen-bond acceptors (Lipinski definition) is 4. The van der Waals surface area contributed by atoms with Gasteiger partial charge in [-0.1, -0.05) is 13.3 Å². The second-order valence-corrected chi connectivity index (χ2v) is 7.93. The van der Waals surface area contributed by atoms with Crippen LogP contribution in [0.3, 0.4) is 0 Å². The lowest BCUT2D eigenvalue weighted by atomic mass is 10.0. The maximum atomic E-state index is 12.4. The second kappa shape index (κ2) is 7.73. The maximum absolute atomic E-state index is 12.4. The number of nitrogens with zero attached hydrogens (tertiary/aromatic N) is 1. The summed E-state index contributed by atoms with van der Waals surface area (Å²) in [5, 5.41) is 3.41. The zero-order valence-electron chi connectivity index (χ0n) is 12.5. The monoisotopic (exact) mass is 304 g/mol. The van der Waals surface area contributed by atoms with Gasteiger partial charge in [-0.25, -0.2) is 8.42 Å². The summed E-state index contributed by atoms with van der Waals surface area (Å²) in [5.41, 5.74) is 0. The zero-order valence-corrected chi connectivity index (χ0v) is 13.3. The first kappa shape index (κ1) is 16.2. The minimum absolute atomic E-state index is 0.0949. The first-order chi connectivity index (χ1) is 9.62. The first-order valence-corrected chi connectivity index (χ1v) is 9.55. The van der Waals surface area contributed by atoms with Gasteiger partial charge in [0.25, 0.3) is 0 Å². The highest BCUT2D eigenvalue weighted by atomic mass is 32.2. The Balaban J connectivity index is 1.82. The zero-order chi connectivity index (χ0) is 14.4. The van der Waals surface area contributed by atoms with Crippen molar-refractivity contribution in [3.63, 3.8) is 0 Å². The Morgan fingerprint density at radius 3 is 2.70 bits per heavy atom. The first-order valence-electron chi connectivity index (χ1n) is 7.94. The van der Waals surface area contributed by atoms with Crippen LogP contribution in [0.1, 0.15) is 45.4 Å².